The number of halogens is 3. The van der Waals surface area contributed by atoms with Crippen LogP contribution < -0.4 is 0 Å². The molecule has 3 rings (SSSR count). The Morgan fingerprint density at radius 1 is 1.24 bits per heavy atom. The maximum absolute atomic E-state index is 14.3. The van der Waals surface area contributed by atoms with Crippen LogP contribution in [0.25, 0.3) is 16.7 Å². The molecule has 2 aromatic carbocycles. The minimum Gasteiger partial charge on any atom is -0.292 e. The highest BCUT2D eigenvalue weighted by molar-refractivity contribution is 9.10. The summed E-state index contributed by atoms with van der Waals surface area (Å²) in [7, 11) is 0. The van der Waals surface area contributed by atoms with Crippen molar-refractivity contribution in [3.8, 4) is 5.69 Å². The molecular weight excluding hydrogens is 355 g/mol. The van der Waals surface area contributed by atoms with Gasteiger partial charge in [0.1, 0.15) is 11.6 Å². The quantitative estimate of drug-likeness (QED) is 0.544. The first kappa shape index (κ1) is 14.5. The minimum atomic E-state index is -0.319. The summed E-state index contributed by atoms with van der Waals surface area (Å²) in [5, 5.41) is -0.319. The molecule has 0 amide bonds. The van der Waals surface area contributed by atoms with Gasteiger partial charge in [0.05, 0.1) is 22.1 Å². The lowest BCUT2D eigenvalue weighted by atomic mass is 10.2. The zero-order valence-electron chi connectivity index (χ0n) is 11.6. The Morgan fingerprint density at radius 3 is 2.67 bits per heavy atom. The minimum absolute atomic E-state index is 0.317. The summed E-state index contributed by atoms with van der Waals surface area (Å²) in [5.74, 6) is 0.321. The molecule has 21 heavy (non-hydrogen) atoms. The van der Waals surface area contributed by atoms with Crippen molar-refractivity contribution in [1.29, 1.82) is 0 Å². The van der Waals surface area contributed by atoms with E-state index in [0.717, 1.165) is 16.6 Å². The maximum Gasteiger partial charge on any atom is 0.148 e. The molecule has 5 heteroatoms. The summed E-state index contributed by atoms with van der Waals surface area (Å²) in [6.07, 6.45) is 0. The molecule has 3 aromatic rings. The van der Waals surface area contributed by atoms with Gasteiger partial charge >= 0.3 is 0 Å². The van der Waals surface area contributed by atoms with Crippen molar-refractivity contribution in [2.75, 3.05) is 0 Å². The highest BCUT2D eigenvalue weighted by Crippen LogP contribution is 2.30. The van der Waals surface area contributed by atoms with E-state index in [-0.39, 0.29) is 11.2 Å². The van der Waals surface area contributed by atoms with Gasteiger partial charge < -0.3 is 0 Å². The zero-order chi connectivity index (χ0) is 15.1. The van der Waals surface area contributed by atoms with Gasteiger partial charge in [-0.15, -0.1) is 11.6 Å². The third-order valence-corrected chi connectivity index (χ3v) is 4.03. The average molecular weight is 368 g/mol. The van der Waals surface area contributed by atoms with Crippen LogP contribution in [0.15, 0.2) is 40.9 Å². The second kappa shape index (κ2) is 5.43. The Kier molecular flexibility index (Phi) is 3.76. The first-order valence-corrected chi connectivity index (χ1v) is 7.79. The van der Waals surface area contributed by atoms with Crippen molar-refractivity contribution in [1.82, 2.24) is 9.55 Å². The van der Waals surface area contributed by atoms with Crippen molar-refractivity contribution >= 4 is 38.6 Å². The number of alkyl halides is 1. The van der Waals surface area contributed by atoms with Crippen molar-refractivity contribution < 1.29 is 4.39 Å². The molecule has 1 atom stereocenters. The maximum atomic E-state index is 14.3. The molecule has 0 aliphatic rings. The lowest BCUT2D eigenvalue weighted by Gasteiger charge is -2.12. The van der Waals surface area contributed by atoms with Gasteiger partial charge in [-0.3, -0.25) is 4.57 Å². The Bertz CT molecular complexity index is 827. The number of fused-ring (bicyclic) bond motifs is 1. The molecule has 1 aromatic heterocycles. The van der Waals surface area contributed by atoms with Crippen LogP contribution in [0.3, 0.4) is 0 Å². The highest BCUT2D eigenvalue weighted by atomic mass is 79.9. The number of benzene rings is 2. The van der Waals surface area contributed by atoms with Crippen molar-refractivity contribution in [3.05, 3.63) is 58.1 Å². The number of aryl methyl sites for hydroxylation is 1. The van der Waals surface area contributed by atoms with Crippen LogP contribution in [-0.4, -0.2) is 9.55 Å². The summed E-state index contributed by atoms with van der Waals surface area (Å²) in [6.45, 7) is 3.84. The number of aromatic nitrogens is 2. The van der Waals surface area contributed by atoms with Gasteiger partial charge in [0.2, 0.25) is 0 Å². The van der Waals surface area contributed by atoms with Crippen LogP contribution in [0.2, 0.25) is 0 Å². The third-order valence-electron chi connectivity index (χ3n) is 3.34. The van der Waals surface area contributed by atoms with Gasteiger partial charge in [0.25, 0.3) is 0 Å². The van der Waals surface area contributed by atoms with E-state index in [4.69, 9.17) is 11.6 Å². The molecule has 108 valence electrons. The molecule has 0 aliphatic carbocycles. The molecule has 0 radical (unpaired) electrons. The van der Waals surface area contributed by atoms with Crippen molar-refractivity contribution in [2.45, 2.75) is 19.2 Å². The number of imidazole rings is 1. The van der Waals surface area contributed by atoms with Crippen LogP contribution in [-0.2, 0) is 0 Å². The summed E-state index contributed by atoms with van der Waals surface area (Å²) < 4.78 is 16.8. The van der Waals surface area contributed by atoms with E-state index < -0.39 is 0 Å². The van der Waals surface area contributed by atoms with Gasteiger partial charge in [-0.25, -0.2) is 9.37 Å². The van der Waals surface area contributed by atoms with Crippen LogP contribution in [0.1, 0.15) is 23.7 Å². The molecule has 0 bridgehead atoms. The number of nitrogens with zero attached hydrogens (tertiary/aromatic N) is 2. The van der Waals surface area contributed by atoms with E-state index in [0.29, 0.717) is 16.0 Å². The van der Waals surface area contributed by atoms with E-state index in [1.54, 1.807) is 16.7 Å². The van der Waals surface area contributed by atoms with E-state index >= 15 is 0 Å². The van der Waals surface area contributed by atoms with E-state index in [9.17, 15) is 4.39 Å². The van der Waals surface area contributed by atoms with Crippen LogP contribution in [0.4, 0.5) is 4.39 Å². The fraction of sp³-hybridized carbons (Fsp3) is 0.188. The van der Waals surface area contributed by atoms with E-state index in [1.807, 2.05) is 32.0 Å². The summed E-state index contributed by atoms with van der Waals surface area (Å²) in [6, 6.07) is 10.9. The standard InChI is InChI=1S/C16H13BrClFN2/c1-9-3-5-15-13(7-9)20-16(10(2)18)21(15)14-6-4-11(17)8-12(14)19/h3-8,10H,1-2H3. The van der Waals surface area contributed by atoms with E-state index in [1.165, 1.54) is 6.07 Å². The molecule has 2 nitrogen and oxygen atoms in total. The lowest BCUT2D eigenvalue weighted by Crippen LogP contribution is -2.04. The largest absolute Gasteiger partial charge is 0.292 e. The van der Waals surface area contributed by atoms with Crippen molar-refractivity contribution in [2.24, 2.45) is 0 Å². The molecule has 0 saturated heterocycles. The molecule has 0 aliphatic heterocycles. The fourth-order valence-corrected chi connectivity index (χ4v) is 2.87. The third kappa shape index (κ3) is 2.58. The van der Waals surface area contributed by atoms with Gasteiger partial charge in [0, 0.05) is 4.47 Å². The molecule has 1 heterocycles. The monoisotopic (exact) mass is 366 g/mol. The van der Waals surface area contributed by atoms with Crippen LogP contribution in [0, 0.1) is 12.7 Å². The van der Waals surface area contributed by atoms with Gasteiger partial charge in [-0.05, 0) is 49.7 Å². The number of hydrogen-bond acceptors (Lipinski definition) is 1. The second-order valence-corrected chi connectivity index (χ2v) is 6.58. The molecule has 0 saturated carbocycles. The summed E-state index contributed by atoms with van der Waals surface area (Å²) >= 11 is 9.51. The fourth-order valence-electron chi connectivity index (χ4n) is 2.39. The second-order valence-electron chi connectivity index (χ2n) is 5.01. The molecule has 0 N–H and O–H groups in total. The van der Waals surface area contributed by atoms with Crippen LogP contribution in [0.5, 0.6) is 0 Å². The average Bonchev–Trinajstić information content (AvgIpc) is 2.77. The zero-order valence-corrected chi connectivity index (χ0v) is 13.9. The number of rotatable bonds is 2. The summed E-state index contributed by atoms with van der Waals surface area (Å²) in [5.41, 5.74) is 3.23. The van der Waals surface area contributed by atoms with Crippen molar-refractivity contribution in [3.63, 3.8) is 0 Å². The predicted molar refractivity (Wildman–Crippen MR) is 87.7 cm³/mol. The predicted octanol–water partition coefficient (Wildman–Crippen LogP) is 5.54. The summed E-state index contributed by atoms with van der Waals surface area (Å²) in [4.78, 5) is 4.57. The topological polar surface area (TPSA) is 17.8 Å². The normalized spacial score (nSPS) is 12.8. The van der Waals surface area contributed by atoms with E-state index in [2.05, 4.69) is 20.9 Å². The Hall–Kier alpha value is -1.39. The van der Waals surface area contributed by atoms with Crippen LogP contribution >= 0.6 is 27.5 Å². The lowest BCUT2D eigenvalue weighted by molar-refractivity contribution is 0.615. The molecule has 0 spiro atoms. The Balaban J connectivity index is 2.36. The first-order valence-electron chi connectivity index (χ1n) is 6.56. The molecule has 1 unspecified atom stereocenters. The van der Waals surface area contributed by atoms with Gasteiger partial charge in [0.15, 0.2) is 0 Å². The Labute approximate surface area is 135 Å². The molecule has 0 fully saturated rings. The SMILES string of the molecule is Cc1ccc2c(c1)nc(C(C)Cl)n2-c1ccc(Br)cc1F. The Morgan fingerprint density at radius 2 is 2.00 bits per heavy atom. The number of hydrogen-bond donors (Lipinski definition) is 0. The van der Waals surface area contributed by atoms with Gasteiger partial charge in [-0.2, -0.15) is 0 Å². The first-order chi connectivity index (χ1) is 9.97. The van der Waals surface area contributed by atoms with Gasteiger partial charge in [-0.1, -0.05) is 22.0 Å². The smallest absolute Gasteiger partial charge is 0.148 e. The molecular formula is C16H13BrClFN2. The highest BCUT2D eigenvalue weighted by Gasteiger charge is 2.18.